The van der Waals surface area contributed by atoms with E-state index >= 15 is 0 Å². The van der Waals surface area contributed by atoms with Crippen LogP contribution in [0.4, 0.5) is 4.39 Å². The van der Waals surface area contributed by atoms with Crippen molar-refractivity contribution in [1.29, 1.82) is 0 Å². The lowest BCUT2D eigenvalue weighted by Gasteiger charge is -2.13. The summed E-state index contributed by atoms with van der Waals surface area (Å²) in [6.45, 7) is 1.80. The number of ketones is 1. The second-order valence-electron chi connectivity index (χ2n) is 5.64. The lowest BCUT2D eigenvalue weighted by atomic mass is 10.0. The lowest BCUT2D eigenvalue weighted by Crippen LogP contribution is -2.02. The Bertz CT molecular complexity index is 907. The number of rotatable bonds is 5. The van der Waals surface area contributed by atoms with Crippen molar-refractivity contribution >= 4 is 17.4 Å². The molecule has 0 heterocycles. The predicted molar refractivity (Wildman–Crippen MR) is 97.6 cm³/mol. The van der Waals surface area contributed by atoms with Crippen LogP contribution in [-0.2, 0) is 6.61 Å². The van der Waals surface area contributed by atoms with Gasteiger partial charge in [0.2, 0.25) is 0 Å². The van der Waals surface area contributed by atoms with Crippen LogP contribution >= 0.6 is 11.6 Å². The summed E-state index contributed by atoms with van der Waals surface area (Å²) in [5, 5.41) is 0.0555. The second kappa shape index (κ2) is 7.49. The van der Waals surface area contributed by atoms with E-state index in [1.807, 2.05) is 30.3 Å². The molecule has 0 unspecified atom stereocenters. The molecular weight excluding hydrogens is 339 g/mol. The van der Waals surface area contributed by atoms with Crippen molar-refractivity contribution in [3.63, 3.8) is 0 Å². The van der Waals surface area contributed by atoms with E-state index in [0.29, 0.717) is 29.0 Å². The molecule has 0 saturated carbocycles. The summed E-state index contributed by atoms with van der Waals surface area (Å²) >= 11 is 5.87. The Balaban J connectivity index is 1.97. The molecule has 0 aromatic heterocycles. The third kappa shape index (κ3) is 3.89. The number of benzene rings is 3. The summed E-state index contributed by atoms with van der Waals surface area (Å²) in [5.41, 5.74) is 2.42. The molecule has 0 spiro atoms. The SMILES string of the molecule is CC(=O)c1ccc(-c2cccc(Cl)c2F)cc1OCc1ccccc1. The first kappa shape index (κ1) is 17.2. The lowest BCUT2D eigenvalue weighted by molar-refractivity contribution is 0.101. The Labute approximate surface area is 150 Å². The molecule has 0 aliphatic carbocycles. The maximum absolute atomic E-state index is 14.3. The van der Waals surface area contributed by atoms with Crippen LogP contribution in [0.15, 0.2) is 66.7 Å². The Morgan fingerprint density at radius 3 is 2.52 bits per heavy atom. The molecule has 126 valence electrons. The summed E-state index contributed by atoms with van der Waals surface area (Å²) in [6, 6.07) is 19.5. The Morgan fingerprint density at radius 1 is 1.04 bits per heavy atom. The summed E-state index contributed by atoms with van der Waals surface area (Å²) < 4.78 is 20.1. The Morgan fingerprint density at radius 2 is 1.80 bits per heavy atom. The van der Waals surface area contributed by atoms with E-state index in [4.69, 9.17) is 16.3 Å². The van der Waals surface area contributed by atoms with Crippen molar-refractivity contribution in [2.75, 3.05) is 0 Å². The number of Topliss-reactive ketones (excluding diaryl/α,β-unsaturated/α-hetero) is 1. The normalized spacial score (nSPS) is 10.5. The highest BCUT2D eigenvalue weighted by Crippen LogP contribution is 2.32. The van der Waals surface area contributed by atoms with Crippen molar-refractivity contribution < 1.29 is 13.9 Å². The molecule has 25 heavy (non-hydrogen) atoms. The topological polar surface area (TPSA) is 26.3 Å². The molecule has 0 bridgehead atoms. The van der Waals surface area contributed by atoms with Crippen LogP contribution in [0.2, 0.25) is 5.02 Å². The number of carbonyl (C=O) groups excluding carboxylic acids is 1. The monoisotopic (exact) mass is 354 g/mol. The first-order chi connectivity index (χ1) is 12.1. The third-order valence-corrected chi connectivity index (χ3v) is 4.15. The third-order valence-electron chi connectivity index (χ3n) is 3.86. The average Bonchev–Trinajstić information content (AvgIpc) is 2.63. The average molecular weight is 355 g/mol. The van der Waals surface area contributed by atoms with E-state index < -0.39 is 5.82 Å². The molecule has 0 fully saturated rings. The molecule has 0 aliphatic heterocycles. The van der Waals surface area contributed by atoms with Gasteiger partial charge in [-0.3, -0.25) is 4.79 Å². The Hall–Kier alpha value is -2.65. The van der Waals surface area contributed by atoms with Gasteiger partial charge in [0.15, 0.2) is 5.78 Å². The maximum atomic E-state index is 14.3. The highest BCUT2D eigenvalue weighted by atomic mass is 35.5. The van der Waals surface area contributed by atoms with Gasteiger partial charge in [0, 0.05) is 5.56 Å². The van der Waals surface area contributed by atoms with Crippen LogP contribution in [0.3, 0.4) is 0 Å². The minimum atomic E-state index is -0.492. The number of halogens is 2. The zero-order valence-electron chi connectivity index (χ0n) is 13.6. The van der Waals surface area contributed by atoms with Gasteiger partial charge in [0.1, 0.15) is 18.2 Å². The number of hydrogen-bond donors (Lipinski definition) is 0. The molecule has 3 rings (SSSR count). The fourth-order valence-corrected chi connectivity index (χ4v) is 2.74. The van der Waals surface area contributed by atoms with Crippen LogP contribution in [-0.4, -0.2) is 5.78 Å². The van der Waals surface area contributed by atoms with Crippen molar-refractivity contribution in [3.8, 4) is 16.9 Å². The molecular formula is C21H16ClFO2. The van der Waals surface area contributed by atoms with Crippen molar-refractivity contribution in [1.82, 2.24) is 0 Å². The van der Waals surface area contributed by atoms with Crippen molar-refractivity contribution in [2.45, 2.75) is 13.5 Å². The van der Waals surface area contributed by atoms with E-state index in [0.717, 1.165) is 5.56 Å². The standard InChI is InChI=1S/C21H16ClFO2/c1-14(24)17-11-10-16(18-8-5-9-19(22)21(18)23)12-20(17)25-13-15-6-3-2-4-7-15/h2-12H,13H2,1H3. The van der Waals surface area contributed by atoms with E-state index in [2.05, 4.69) is 0 Å². The molecule has 4 heteroatoms. The van der Waals surface area contributed by atoms with Gasteiger partial charge in [-0.2, -0.15) is 0 Å². The van der Waals surface area contributed by atoms with Gasteiger partial charge in [-0.25, -0.2) is 4.39 Å². The molecule has 0 radical (unpaired) electrons. The zero-order valence-corrected chi connectivity index (χ0v) is 14.4. The van der Waals surface area contributed by atoms with E-state index in [1.54, 1.807) is 30.3 Å². The van der Waals surface area contributed by atoms with Gasteiger partial charge in [-0.15, -0.1) is 0 Å². The van der Waals surface area contributed by atoms with Crippen LogP contribution in [0.1, 0.15) is 22.8 Å². The summed E-state index contributed by atoms with van der Waals surface area (Å²) in [6.07, 6.45) is 0. The highest BCUT2D eigenvalue weighted by molar-refractivity contribution is 6.31. The quantitative estimate of drug-likeness (QED) is 0.531. The van der Waals surface area contributed by atoms with Crippen molar-refractivity contribution in [2.24, 2.45) is 0 Å². The van der Waals surface area contributed by atoms with Crippen LogP contribution in [0.25, 0.3) is 11.1 Å². The predicted octanol–water partition coefficient (Wildman–Crippen LogP) is 5.93. The molecule has 3 aromatic rings. The van der Waals surface area contributed by atoms with Gasteiger partial charge in [-0.1, -0.05) is 60.1 Å². The minimum absolute atomic E-state index is 0.0555. The molecule has 0 amide bonds. The van der Waals surface area contributed by atoms with Crippen LogP contribution in [0.5, 0.6) is 5.75 Å². The van der Waals surface area contributed by atoms with E-state index in [9.17, 15) is 9.18 Å². The second-order valence-corrected chi connectivity index (χ2v) is 6.05. The smallest absolute Gasteiger partial charge is 0.163 e. The van der Waals surface area contributed by atoms with Gasteiger partial charge >= 0.3 is 0 Å². The molecule has 0 N–H and O–H groups in total. The Kier molecular flexibility index (Phi) is 5.15. The fourth-order valence-electron chi connectivity index (χ4n) is 2.56. The van der Waals surface area contributed by atoms with E-state index in [-0.39, 0.29) is 10.8 Å². The van der Waals surface area contributed by atoms with Gasteiger partial charge in [0.05, 0.1) is 10.6 Å². The van der Waals surface area contributed by atoms with E-state index in [1.165, 1.54) is 13.0 Å². The maximum Gasteiger partial charge on any atom is 0.163 e. The van der Waals surface area contributed by atoms with Crippen LogP contribution in [0, 0.1) is 5.82 Å². The molecule has 0 atom stereocenters. The fraction of sp³-hybridized carbons (Fsp3) is 0.0952. The summed E-state index contributed by atoms with van der Waals surface area (Å²) in [4.78, 5) is 11.9. The van der Waals surface area contributed by atoms with Gasteiger partial charge in [0.25, 0.3) is 0 Å². The van der Waals surface area contributed by atoms with Crippen molar-refractivity contribution in [3.05, 3.63) is 88.7 Å². The first-order valence-electron chi connectivity index (χ1n) is 7.82. The highest BCUT2D eigenvalue weighted by Gasteiger charge is 2.14. The van der Waals surface area contributed by atoms with Gasteiger partial charge < -0.3 is 4.74 Å². The van der Waals surface area contributed by atoms with Crippen LogP contribution < -0.4 is 4.74 Å². The number of hydrogen-bond acceptors (Lipinski definition) is 2. The largest absolute Gasteiger partial charge is 0.488 e. The summed E-state index contributed by atoms with van der Waals surface area (Å²) in [5.74, 6) is -0.178. The molecule has 2 nitrogen and oxygen atoms in total. The first-order valence-corrected chi connectivity index (χ1v) is 8.20. The number of ether oxygens (including phenoxy) is 1. The molecule has 0 saturated heterocycles. The minimum Gasteiger partial charge on any atom is -0.488 e. The summed E-state index contributed by atoms with van der Waals surface area (Å²) in [7, 11) is 0. The number of carbonyl (C=O) groups is 1. The zero-order chi connectivity index (χ0) is 17.8. The molecule has 3 aromatic carbocycles. The van der Waals surface area contributed by atoms with Gasteiger partial charge in [-0.05, 0) is 36.2 Å². The molecule has 0 aliphatic rings.